The molecule has 1 saturated heterocycles. The fourth-order valence-electron chi connectivity index (χ4n) is 1.48. The van der Waals surface area contributed by atoms with Crippen LogP contribution in [0.4, 0.5) is 0 Å². The molecule has 0 radical (unpaired) electrons. The maximum absolute atomic E-state index is 11.2. The number of β-lactam (4-membered cyclic amide) rings is 1. The van der Waals surface area contributed by atoms with Gasteiger partial charge in [0, 0.05) is 4.43 Å². The molecule has 1 atom stereocenters. The van der Waals surface area contributed by atoms with Gasteiger partial charge in [0.05, 0.1) is 12.5 Å². The Kier molecular flexibility index (Phi) is 3.58. The number of hydrogen-bond donors (Lipinski definition) is 0. The van der Waals surface area contributed by atoms with Crippen molar-refractivity contribution in [2.24, 2.45) is 0 Å². The van der Waals surface area contributed by atoms with Gasteiger partial charge in [-0.05, 0) is 5.56 Å². The third-order valence-electron chi connectivity index (χ3n) is 2.38. The molecule has 1 aromatic carbocycles. The third kappa shape index (κ3) is 2.49. The number of benzene rings is 1. The van der Waals surface area contributed by atoms with Gasteiger partial charge in [-0.1, -0.05) is 52.9 Å². The van der Waals surface area contributed by atoms with Crippen LogP contribution < -0.4 is 0 Å². The summed E-state index contributed by atoms with van der Waals surface area (Å²) in [5.74, 6) is 0.0904. The smallest absolute Gasteiger partial charge is 0.248 e. The average Bonchev–Trinajstić information content (AvgIpc) is 2.27. The number of hydrogen-bond acceptors (Lipinski definition) is 2. The van der Waals surface area contributed by atoms with Crippen LogP contribution in [0, 0.1) is 0 Å². The Hall–Kier alpha value is -0.620. The molecule has 2 rings (SSSR count). The summed E-state index contributed by atoms with van der Waals surface area (Å²) in [6, 6.07) is 10.1. The monoisotopic (exact) mass is 317 g/mol. The highest BCUT2D eigenvalue weighted by Crippen LogP contribution is 2.22. The zero-order valence-corrected chi connectivity index (χ0v) is 10.4. The maximum Gasteiger partial charge on any atom is 0.248 e. The standard InChI is InChI=1S/C11H12INO2/c12-7-10-6-11(14)13(10)15-8-9-4-2-1-3-5-9/h1-5,10H,6-8H2. The number of alkyl halides is 1. The first kappa shape index (κ1) is 10.9. The van der Waals surface area contributed by atoms with Crippen LogP contribution >= 0.6 is 22.6 Å². The van der Waals surface area contributed by atoms with Crippen LogP contribution in [-0.4, -0.2) is 21.4 Å². The molecule has 15 heavy (non-hydrogen) atoms. The lowest BCUT2D eigenvalue weighted by molar-refractivity contribution is -0.229. The Morgan fingerprint density at radius 2 is 2.13 bits per heavy atom. The van der Waals surface area contributed by atoms with Gasteiger partial charge in [0.1, 0.15) is 6.61 Å². The molecule has 3 nitrogen and oxygen atoms in total. The van der Waals surface area contributed by atoms with Gasteiger partial charge < -0.3 is 0 Å². The summed E-state index contributed by atoms with van der Waals surface area (Å²) in [6.07, 6.45) is 0.623. The number of carbonyl (C=O) groups is 1. The Bertz CT molecular complexity index is 342. The molecular weight excluding hydrogens is 305 g/mol. The summed E-state index contributed by atoms with van der Waals surface area (Å²) < 4.78 is 0.929. The second-order valence-corrected chi connectivity index (χ2v) is 4.37. The lowest BCUT2D eigenvalue weighted by Crippen LogP contribution is -2.53. The lowest BCUT2D eigenvalue weighted by Gasteiger charge is -2.37. The Morgan fingerprint density at radius 3 is 2.73 bits per heavy atom. The first-order chi connectivity index (χ1) is 7.31. The van der Waals surface area contributed by atoms with E-state index in [2.05, 4.69) is 22.6 Å². The molecule has 0 saturated carbocycles. The molecule has 1 unspecified atom stereocenters. The van der Waals surface area contributed by atoms with Crippen LogP contribution in [0.15, 0.2) is 30.3 Å². The highest BCUT2D eigenvalue weighted by Gasteiger charge is 2.36. The van der Waals surface area contributed by atoms with E-state index in [1.54, 1.807) is 0 Å². The van der Waals surface area contributed by atoms with Crippen LogP contribution in [0.1, 0.15) is 12.0 Å². The summed E-state index contributed by atoms with van der Waals surface area (Å²) in [7, 11) is 0. The molecule has 0 N–H and O–H groups in total. The van der Waals surface area contributed by atoms with Gasteiger partial charge in [0.2, 0.25) is 5.91 Å². The molecular formula is C11H12INO2. The van der Waals surface area contributed by atoms with Crippen molar-refractivity contribution in [3.8, 4) is 0 Å². The van der Waals surface area contributed by atoms with Gasteiger partial charge in [-0.25, -0.2) is 5.06 Å². The molecule has 1 heterocycles. The highest BCUT2D eigenvalue weighted by atomic mass is 127. The van der Waals surface area contributed by atoms with Crippen LogP contribution in [0.3, 0.4) is 0 Å². The van der Waals surface area contributed by atoms with Crippen molar-refractivity contribution in [1.82, 2.24) is 5.06 Å². The number of rotatable bonds is 4. The summed E-state index contributed by atoms with van der Waals surface area (Å²) in [5.41, 5.74) is 1.09. The van der Waals surface area contributed by atoms with E-state index in [4.69, 9.17) is 4.84 Å². The molecule has 1 aliphatic heterocycles. The Labute approximate surface area is 103 Å². The van der Waals surface area contributed by atoms with E-state index in [0.717, 1.165) is 9.99 Å². The van der Waals surface area contributed by atoms with Crippen LogP contribution in [0.5, 0.6) is 0 Å². The van der Waals surface area contributed by atoms with E-state index in [0.29, 0.717) is 13.0 Å². The molecule has 0 aliphatic carbocycles. The van der Waals surface area contributed by atoms with Crippen molar-refractivity contribution in [1.29, 1.82) is 0 Å². The van der Waals surface area contributed by atoms with Crippen molar-refractivity contribution in [2.75, 3.05) is 4.43 Å². The largest absolute Gasteiger partial charge is 0.272 e. The molecule has 1 fully saturated rings. The summed E-state index contributed by atoms with van der Waals surface area (Å²) >= 11 is 2.27. The number of nitrogens with zero attached hydrogens (tertiary/aromatic N) is 1. The van der Waals surface area contributed by atoms with Gasteiger partial charge in [-0.15, -0.1) is 0 Å². The molecule has 0 spiro atoms. The van der Waals surface area contributed by atoms with Gasteiger partial charge in [-0.3, -0.25) is 9.63 Å². The van der Waals surface area contributed by atoms with Gasteiger partial charge in [0.25, 0.3) is 0 Å². The van der Waals surface area contributed by atoms with E-state index < -0.39 is 0 Å². The zero-order valence-electron chi connectivity index (χ0n) is 8.23. The fraction of sp³-hybridized carbons (Fsp3) is 0.364. The first-order valence-corrected chi connectivity index (χ1v) is 6.38. The predicted octanol–water partition coefficient (Wildman–Crippen LogP) is 2.15. The second-order valence-electron chi connectivity index (χ2n) is 3.49. The van der Waals surface area contributed by atoms with Crippen molar-refractivity contribution < 1.29 is 9.63 Å². The van der Waals surface area contributed by atoms with Crippen LogP contribution in [0.25, 0.3) is 0 Å². The van der Waals surface area contributed by atoms with Crippen molar-refractivity contribution in [2.45, 2.75) is 19.1 Å². The Morgan fingerprint density at radius 1 is 1.40 bits per heavy atom. The van der Waals surface area contributed by atoms with Crippen LogP contribution in [-0.2, 0) is 16.2 Å². The van der Waals surface area contributed by atoms with Gasteiger partial charge in [0.15, 0.2) is 0 Å². The molecule has 4 heteroatoms. The Balaban J connectivity index is 1.86. The van der Waals surface area contributed by atoms with Crippen molar-refractivity contribution in [3.05, 3.63) is 35.9 Å². The SMILES string of the molecule is O=C1CC(CI)N1OCc1ccccc1. The highest BCUT2D eigenvalue weighted by molar-refractivity contribution is 14.1. The average molecular weight is 317 g/mol. The zero-order chi connectivity index (χ0) is 10.7. The molecule has 80 valence electrons. The van der Waals surface area contributed by atoms with E-state index in [9.17, 15) is 4.79 Å². The third-order valence-corrected chi connectivity index (χ3v) is 3.40. The van der Waals surface area contributed by atoms with Crippen molar-refractivity contribution >= 4 is 28.5 Å². The van der Waals surface area contributed by atoms with E-state index in [1.807, 2.05) is 30.3 Å². The first-order valence-electron chi connectivity index (χ1n) is 4.86. The minimum Gasteiger partial charge on any atom is -0.272 e. The topological polar surface area (TPSA) is 29.5 Å². The number of hydroxylamine groups is 2. The number of amides is 1. The van der Waals surface area contributed by atoms with Gasteiger partial charge >= 0.3 is 0 Å². The second kappa shape index (κ2) is 4.94. The number of halogens is 1. The molecule has 1 aliphatic rings. The molecule has 0 bridgehead atoms. The molecule has 0 aromatic heterocycles. The van der Waals surface area contributed by atoms with Crippen LogP contribution in [0.2, 0.25) is 0 Å². The maximum atomic E-state index is 11.2. The van der Waals surface area contributed by atoms with E-state index >= 15 is 0 Å². The fourth-order valence-corrected chi connectivity index (χ4v) is 2.15. The summed E-state index contributed by atoms with van der Waals surface area (Å²) in [5, 5.41) is 1.50. The summed E-state index contributed by atoms with van der Waals surface area (Å²) in [4.78, 5) is 16.7. The normalized spacial score (nSPS) is 20.2. The predicted molar refractivity (Wildman–Crippen MR) is 65.4 cm³/mol. The van der Waals surface area contributed by atoms with E-state index in [1.165, 1.54) is 5.06 Å². The molecule has 1 amide bonds. The minimum atomic E-state index is 0.0904. The molecule has 1 aromatic rings. The van der Waals surface area contributed by atoms with Gasteiger partial charge in [-0.2, -0.15) is 0 Å². The lowest BCUT2D eigenvalue weighted by atomic mass is 10.1. The van der Waals surface area contributed by atoms with E-state index in [-0.39, 0.29) is 11.9 Å². The number of carbonyl (C=O) groups excluding carboxylic acids is 1. The van der Waals surface area contributed by atoms with Crippen molar-refractivity contribution in [3.63, 3.8) is 0 Å². The minimum absolute atomic E-state index is 0.0904. The quantitative estimate of drug-likeness (QED) is 0.484. The summed E-state index contributed by atoms with van der Waals surface area (Å²) in [6.45, 7) is 0.472.